The predicted molar refractivity (Wildman–Crippen MR) is 96.7 cm³/mol. The van der Waals surface area contributed by atoms with Crippen LogP contribution in [-0.4, -0.2) is 43.4 Å². The summed E-state index contributed by atoms with van der Waals surface area (Å²) in [6.07, 6.45) is 4.04. The summed E-state index contributed by atoms with van der Waals surface area (Å²) in [6, 6.07) is 0. The second-order valence-corrected chi connectivity index (χ2v) is 6.50. The number of aryl methyl sites for hydroxylation is 1. The molecule has 1 aliphatic heterocycles. The summed E-state index contributed by atoms with van der Waals surface area (Å²) < 4.78 is 11.3. The summed E-state index contributed by atoms with van der Waals surface area (Å²) >= 11 is 0. The topological polar surface area (TPSA) is 67.8 Å². The minimum Gasteiger partial charge on any atom is -0.496 e. The van der Waals surface area contributed by atoms with Crippen LogP contribution in [0.15, 0.2) is 11.2 Å². The van der Waals surface area contributed by atoms with Gasteiger partial charge in [-0.1, -0.05) is 0 Å². The van der Waals surface area contributed by atoms with Gasteiger partial charge >= 0.3 is 0 Å². The summed E-state index contributed by atoms with van der Waals surface area (Å²) in [6.45, 7) is 11.1. The average Bonchev–Trinajstić information content (AvgIpc) is 2.99. The van der Waals surface area contributed by atoms with Gasteiger partial charge < -0.3 is 20.1 Å². The minimum atomic E-state index is -0.0998. The molecule has 2 heterocycles. The first-order valence-corrected chi connectivity index (χ1v) is 8.64. The molecule has 1 aromatic heterocycles. The normalized spacial score (nSPS) is 21.0. The summed E-state index contributed by atoms with van der Waals surface area (Å²) in [5.41, 5.74) is 2.91. The van der Waals surface area contributed by atoms with Crippen LogP contribution >= 0.6 is 0 Å². The molecule has 1 aliphatic rings. The minimum absolute atomic E-state index is 0.0998. The number of nitrogens with zero attached hydrogens (tertiary/aromatic N) is 2. The fourth-order valence-corrected chi connectivity index (χ4v) is 2.97. The van der Waals surface area contributed by atoms with Gasteiger partial charge in [0, 0.05) is 37.0 Å². The molecule has 0 bridgehead atoms. The third-order valence-corrected chi connectivity index (χ3v) is 4.41. The van der Waals surface area contributed by atoms with E-state index in [-0.39, 0.29) is 5.60 Å². The fraction of sp³-hybridized carbons (Fsp3) is 0.667. The van der Waals surface area contributed by atoms with Crippen LogP contribution in [0.3, 0.4) is 0 Å². The fourth-order valence-electron chi connectivity index (χ4n) is 2.97. The Morgan fingerprint density at radius 1 is 1.42 bits per heavy atom. The summed E-state index contributed by atoms with van der Waals surface area (Å²) in [7, 11) is 1.69. The number of methoxy groups -OCH3 is 1. The first-order chi connectivity index (χ1) is 11.5. The van der Waals surface area contributed by atoms with Gasteiger partial charge in [0.25, 0.3) is 0 Å². The molecule has 134 valence electrons. The molecule has 0 saturated carbocycles. The molecule has 1 unspecified atom stereocenters. The molecule has 1 fully saturated rings. The van der Waals surface area contributed by atoms with Crippen molar-refractivity contribution >= 4 is 5.96 Å². The lowest BCUT2D eigenvalue weighted by Crippen LogP contribution is -2.45. The standard InChI is InChI=1S/C18H30N4O2/c1-6-19-17(22-12-18(4)8-7-9-24-18)21-11-15-14(3)16(23-5)13(2)10-20-15/h10H,6-9,11-12H2,1-5H3,(H2,19,21,22). The van der Waals surface area contributed by atoms with Crippen molar-refractivity contribution in [2.45, 2.75) is 52.7 Å². The van der Waals surface area contributed by atoms with E-state index in [1.165, 1.54) is 0 Å². The number of pyridine rings is 1. The van der Waals surface area contributed by atoms with Crippen LogP contribution in [-0.2, 0) is 11.3 Å². The van der Waals surface area contributed by atoms with Crippen molar-refractivity contribution in [3.8, 4) is 5.75 Å². The molecule has 6 nitrogen and oxygen atoms in total. The van der Waals surface area contributed by atoms with E-state index in [2.05, 4.69) is 34.5 Å². The number of hydrogen-bond acceptors (Lipinski definition) is 4. The maximum Gasteiger partial charge on any atom is 0.191 e. The number of ether oxygens (including phenoxy) is 2. The molecule has 0 amide bonds. The van der Waals surface area contributed by atoms with Crippen LogP contribution in [0.25, 0.3) is 0 Å². The number of rotatable bonds is 6. The highest BCUT2D eigenvalue weighted by Gasteiger charge is 2.29. The lowest BCUT2D eigenvalue weighted by molar-refractivity contribution is 0.0243. The van der Waals surface area contributed by atoms with Crippen LogP contribution in [0.4, 0.5) is 0 Å². The van der Waals surface area contributed by atoms with Crippen LogP contribution < -0.4 is 15.4 Å². The molecule has 0 radical (unpaired) electrons. The van der Waals surface area contributed by atoms with Crippen molar-refractivity contribution < 1.29 is 9.47 Å². The first-order valence-electron chi connectivity index (χ1n) is 8.64. The lowest BCUT2D eigenvalue weighted by Gasteiger charge is -2.24. The van der Waals surface area contributed by atoms with Gasteiger partial charge in [0.05, 0.1) is 24.9 Å². The van der Waals surface area contributed by atoms with Gasteiger partial charge in [0.2, 0.25) is 0 Å². The Morgan fingerprint density at radius 3 is 2.83 bits per heavy atom. The van der Waals surface area contributed by atoms with Crippen molar-refractivity contribution in [3.63, 3.8) is 0 Å². The van der Waals surface area contributed by atoms with Crippen LogP contribution in [0, 0.1) is 13.8 Å². The largest absolute Gasteiger partial charge is 0.496 e. The number of nitrogens with one attached hydrogen (secondary N) is 2. The quantitative estimate of drug-likeness (QED) is 0.617. The van der Waals surface area contributed by atoms with Gasteiger partial charge in [0.1, 0.15) is 5.75 Å². The van der Waals surface area contributed by atoms with Gasteiger partial charge in [-0.05, 0) is 40.5 Å². The lowest BCUT2D eigenvalue weighted by atomic mass is 10.0. The highest BCUT2D eigenvalue weighted by atomic mass is 16.5. The maximum absolute atomic E-state index is 5.82. The van der Waals surface area contributed by atoms with Crippen molar-refractivity contribution in [2.24, 2.45) is 4.99 Å². The molecular weight excluding hydrogens is 304 g/mol. The van der Waals surface area contributed by atoms with Gasteiger partial charge in [-0.2, -0.15) is 0 Å². The Kier molecular flexibility index (Phi) is 6.43. The van der Waals surface area contributed by atoms with E-state index < -0.39 is 0 Å². The zero-order valence-corrected chi connectivity index (χ0v) is 15.5. The van der Waals surface area contributed by atoms with Gasteiger partial charge in [-0.3, -0.25) is 4.98 Å². The molecule has 24 heavy (non-hydrogen) atoms. The number of hydrogen-bond donors (Lipinski definition) is 2. The van der Waals surface area contributed by atoms with E-state index in [4.69, 9.17) is 9.47 Å². The Balaban J connectivity index is 2.05. The zero-order chi connectivity index (χ0) is 17.6. The van der Waals surface area contributed by atoms with Crippen LogP contribution in [0.2, 0.25) is 0 Å². The monoisotopic (exact) mass is 334 g/mol. The summed E-state index contributed by atoms with van der Waals surface area (Å²) in [4.78, 5) is 9.16. The highest BCUT2D eigenvalue weighted by molar-refractivity contribution is 5.79. The number of guanidine groups is 1. The smallest absolute Gasteiger partial charge is 0.191 e. The number of aromatic nitrogens is 1. The van der Waals surface area contributed by atoms with E-state index in [9.17, 15) is 0 Å². The van der Waals surface area contributed by atoms with Crippen molar-refractivity contribution in [1.29, 1.82) is 0 Å². The van der Waals surface area contributed by atoms with Crippen molar-refractivity contribution in [3.05, 3.63) is 23.0 Å². The second-order valence-electron chi connectivity index (χ2n) is 6.50. The molecule has 1 atom stereocenters. The van der Waals surface area contributed by atoms with E-state index in [0.717, 1.165) is 61.1 Å². The van der Waals surface area contributed by atoms with E-state index in [0.29, 0.717) is 6.54 Å². The third-order valence-electron chi connectivity index (χ3n) is 4.41. The molecule has 6 heteroatoms. The van der Waals surface area contributed by atoms with Crippen LogP contribution in [0.5, 0.6) is 5.75 Å². The SMILES string of the molecule is CCNC(=NCc1ncc(C)c(OC)c1C)NCC1(C)CCCO1. The Labute approximate surface area is 145 Å². The zero-order valence-electron chi connectivity index (χ0n) is 15.5. The van der Waals surface area contributed by atoms with E-state index in [1.54, 1.807) is 7.11 Å². The van der Waals surface area contributed by atoms with Crippen LogP contribution in [0.1, 0.15) is 43.5 Å². The Morgan fingerprint density at radius 2 is 2.21 bits per heavy atom. The van der Waals surface area contributed by atoms with E-state index in [1.807, 2.05) is 20.0 Å². The van der Waals surface area contributed by atoms with Gasteiger partial charge in [0.15, 0.2) is 5.96 Å². The summed E-state index contributed by atoms with van der Waals surface area (Å²) in [5, 5.41) is 6.67. The molecule has 2 N–H and O–H groups in total. The number of aliphatic imine (C=N–C) groups is 1. The van der Waals surface area contributed by atoms with Crippen molar-refractivity contribution in [1.82, 2.24) is 15.6 Å². The van der Waals surface area contributed by atoms with Gasteiger partial charge in [-0.25, -0.2) is 4.99 Å². The second kappa shape index (κ2) is 8.33. The molecule has 2 rings (SSSR count). The molecule has 1 saturated heterocycles. The third kappa shape index (κ3) is 4.60. The Hall–Kier alpha value is -1.82. The molecule has 0 aromatic carbocycles. The average molecular weight is 334 g/mol. The molecule has 0 aliphatic carbocycles. The van der Waals surface area contributed by atoms with Crippen molar-refractivity contribution in [2.75, 3.05) is 26.8 Å². The predicted octanol–water partition coefficient (Wildman–Crippen LogP) is 2.33. The Bertz CT molecular complexity index is 581. The highest BCUT2D eigenvalue weighted by Crippen LogP contribution is 2.25. The maximum atomic E-state index is 5.82. The molecule has 1 aromatic rings. The first kappa shape index (κ1) is 18.5. The molecule has 0 spiro atoms. The molecular formula is C18H30N4O2. The van der Waals surface area contributed by atoms with Gasteiger partial charge in [-0.15, -0.1) is 0 Å². The summed E-state index contributed by atoms with van der Waals surface area (Å²) in [5.74, 6) is 1.68. The van der Waals surface area contributed by atoms with E-state index >= 15 is 0 Å².